The number of hydrogen-bond donors (Lipinski definition) is 2. The van der Waals surface area contributed by atoms with E-state index in [9.17, 15) is 14.9 Å². The van der Waals surface area contributed by atoms with Crippen molar-refractivity contribution in [2.24, 2.45) is 0 Å². The number of nitrogens with one attached hydrogen (secondary N) is 2. The largest absolute Gasteiger partial charge is 0.493 e. The van der Waals surface area contributed by atoms with Gasteiger partial charge in [0.15, 0.2) is 11.5 Å². The Morgan fingerprint density at radius 2 is 2.00 bits per heavy atom. The monoisotopic (exact) mass is 382 g/mol. The van der Waals surface area contributed by atoms with Gasteiger partial charge in [-0.25, -0.2) is 0 Å². The van der Waals surface area contributed by atoms with Crippen LogP contribution in [-0.4, -0.2) is 82.4 Å². The van der Waals surface area contributed by atoms with Crippen molar-refractivity contribution >= 4 is 11.6 Å². The third-order valence-electron chi connectivity index (χ3n) is 4.19. The van der Waals surface area contributed by atoms with Crippen LogP contribution in [0, 0.1) is 10.1 Å². The predicted octanol–water partition coefficient (Wildman–Crippen LogP) is 0.264. The summed E-state index contributed by atoms with van der Waals surface area (Å²) in [7, 11) is 2.94. The maximum absolute atomic E-state index is 12.5. The van der Waals surface area contributed by atoms with Crippen LogP contribution in [0.1, 0.15) is 10.4 Å². The van der Waals surface area contributed by atoms with Crippen LogP contribution < -0.4 is 20.1 Å². The Hall–Kier alpha value is -2.43. The van der Waals surface area contributed by atoms with Gasteiger partial charge < -0.3 is 24.8 Å². The molecular formula is C17H26N4O6. The molecule has 2 rings (SSSR count). The number of rotatable bonds is 10. The van der Waals surface area contributed by atoms with Gasteiger partial charge in [-0.1, -0.05) is 0 Å². The van der Waals surface area contributed by atoms with Crippen LogP contribution >= 0.6 is 0 Å². The second-order valence-corrected chi connectivity index (χ2v) is 5.97. The second kappa shape index (κ2) is 10.7. The van der Waals surface area contributed by atoms with Gasteiger partial charge in [-0.05, 0) is 0 Å². The molecule has 0 saturated carbocycles. The van der Waals surface area contributed by atoms with E-state index in [4.69, 9.17) is 14.2 Å². The molecule has 10 nitrogen and oxygen atoms in total. The Morgan fingerprint density at radius 1 is 1.26 bits per heavy atom. The van der Waals surface area contributed by atoms with Crippen molar-refractivity contribution in [1.29, 1.82) is 0 Å². The first-order chi connectivity index (χ1) is 13.1. The second-order valence-electron chi connectivity index (χ2n) is 5.97. The summed E-state index contributed by atoms with van der Waals surface area (Å²) in [6.45, 7) is 5.30. The molecule has 27 heavy (non-hydrogen) atoms. The molecule has 1 aromatic carbocycles. The first-order valence-corrected chi connectivity index (χ1v) is 8.76. The van der Waals surface area contributed by atoms with Gasteiger partial charge in [0.25, 0.3) is 11.6 Å². The molecule has 0 bridgehead atoms. The molecule has 0 unspecified atom stereocenters. The van der Waals surface area contributed by atoms with E-state index in [1.165, 1.54) is 26.4 Å². The highest BCUT2D eigenvalue weighted by molar-refractivity contribution is 5.99. The molecule has 1 aliphatic heterocycles. The Labute approximate surface area is 157 Å². The predicted molar refractivity (Wildman–Crippen MR) is 98.7 cm³/mol. The quantitative estimate of drug-likeness (QED) is 0.336. The molecule has 1 heterocycles. The van der Waals surface area contributed by atoms with Crippen LogP contribution in [0.3, 0.4) is 0 Å². The number of piperazine rings is 1. The lowest BCUT2D eigenvalue weighted by atomic mass is 10.1. The summed E-state index contributed by atoms with van der Waals surface area (Å²) >= 11 is 0. The molecule has 0 radical (unpaired) electrons. The lowest BCUT2D eigenvalue weighted by Crippen LogP contribution is -2.46. The zero-order chi connectivity index (χ0) is 19.6. The molecule has 1 aliphatic rings. The molecule has 1 saturated heterocycles. The average molecular weight is 382 g/mol. The summed E-state index contributed by atoms with van der Waals surface area (Å²) in [5.41, 5.74) is -0.390. The molecule has 0 atom stereocenters. The summed E-state index contributed by atoms with van der Waals surface area (Å²) in [6.07, 6.45) is 0. The van der Waals surface area contributed by atoms with Crippen LogP contribution in [0.25, 0.3) is 0 Å². The van der Waals surface area contributed by atoms with E-state index >= 15 is 0 Å². The fraction of sp³-hybridized carbons (Fsp3) is 0.588. The number of amides is 1. The molecule has 1 aromatic rings. The lowest BCUT2D eigenvalue weighted by Gasteiger charge is -2.27. The Balaban J connectivity index is 2.08. The molecule has 0 aliphatic carbocycles. The molecule has 1 fully saturated rings. The summed E-state index contributed by atoms with van der Waals surface area (Å²) < 4.78 is 15.6. The standard InChI is InChI=1S/C17H26N4O6/c1-25-9-10-27-16-12-14(21(23)24)13(11-15(16)26-2)17(22)19-5-8-20-6-3-18-4-7-20/h11-12,18H,3-10H2,1-2H3,(H,19,22). The van der Waals surface area contributed by atoms with Crippen molar-refractivity contribution in [1.82, 2.24) is 15.5 Å². The SMILES string of the molecule is COCCOc1cc([N+](=O)[O-])c(C(=O)NCCN2CCNCC2)cc1OC. The highest BCUT2D eigenvalue weighted by Gasteiger charge is 2.25. The number of nitro benzene ring substituents is 1. The van der Waals surface area contributed by atoms with E-state index in [-0.39, 0.29) is 29.4 Å². The Kier molecular flexibility index (Phi) is 8.24. The van der Waals surface area contributed by atoms with E-state index in [0.717, 1.165) is 26.2 Å². The van der Waals surface area contributed by atoms with Gasteiger partial charge in [-0.3, -0.25) is 19.8 Å². The number of carbonyl (C=O) groups excluding carboxylic acids is 1. The summed E-state index contributed by atoms with van der Waals surface area (Å²) in [5, 5.41) is 17.4. The number of nitrogens with zero attached hydrogens (tertiary/aromatic N) is 2. The number of methoxy groups -OCH3 is 2. The maximum Gasteiger partial charge on any atom is 0.286 e. The minimum Gasteiger partial charge on any atom is -0.493 e. The number of ether oxygens (including phenoxy) is 3. The van der Waals surface area contributed by atoms with Crippen LogP contribution in [0.5, 0.6) is 11.5 Å². The van der Waals surface area contributed by atoms with Crippen LogP contribution in [0.2, 0.25) is 0 Å². The molecular weight excluding hydrogens is 356 g/mol. The minimum absolute atomic E-state index is 0.0590. The molecule has 10 heteroatoms. The number of nitro groups is 1. The van der Waals surface area contributed by atoms with Gasteiger partial charge in [-0.15, -0.1) is 0 Å². The summed E-state index contributed by atoms with van der Waals surface area (Å²) in [5.74, 6) is -0.0684. The summed E-state index contributed by atoms with van der Waals surface area (Å²) in [4.78, 5) is 25.5. The highest BCUT2D eigenvalue weighted by Crippen LogP contribution is 2.34. The molecule has 2 N–H and O–H groups in total. The van der Waals surface area contributed by atoms with E-state index in [1.54, 1.807) is 0 Å². The summed E-state index contributed by atoms with van der Waals surface area (Å²) in [6, 6.07) is 2.54. The van der Waals surface area contributed by atoms with Crippen LogP contribution in [0.4, 0.5) is 5.69 Å². The van der Waals surface area contributed by atoms with Crippen molar-refractivity contribution in [2.75, 3.05) is 66.7 Å². The third-order valence-corrected chi connectivity index (χ3v) is 4.19. The molecule has 0 spiro atoms. The van der Waals surface area contributed by atoms with Gasteiger partial charge >= 0.3 is 0 Å². The minimum atomic E-state index is -0.603. The molecule has 1 amide bonds. The van der Waals surface area contributed by atoms with Gasteiger partial charge in [-0.2, -0.15) is 0 Å². The maximum atomic E-state index is 12.5. The first-order valence-electron chi connectivity index (χ1n) is 8.76. The van der Waals surface area contributed by atoms with E-state index < -0.39 is 10.8 Å². The lowest BCUT2D eigenvalue weighted by molar-refractivity contribution is -0.385. The normalized spacial score (nSPS) is 14.6. The zero-order valence-electron chi connectivity index (χ0n) is 15.7. The smallest absolute Gasteiger partial charge is 0.286 e. The van der Waals surface area contributed by atoms with Gasteiger partial charge in [0.2, 0.25) is 0 Å². The number of carbonyl (C=O) groups is 1. The van der Waals surface area contributed by atoms with Crippen molar-refractivity contribution in [3.63, 3.8) is 0 Å². The fourth-order valence-electron chi connectivity index (χ4n) is 2.75. The van der Waals surface area contributed by atoms with Crippen molar-refractivity contribution in [3.8, 4) is 11.5 Å². The van der Waals surface area contributed by atoms with E-state index in [0.29, 0.717) is 19.7 Å². The van der Waals surface area contributed by atoms with Crippen LogP contribution in [-0.2, 0) is 4.74 Å². The molecule has 150 valence electrons. The van der Waals surface area contributed by atoms with E-state index in [2.05, 4.69) is 15.5 Å². The average Bonchev–Trinajstić information content (AvgIpc) is 2.68. The topological polar surface area (TPSA) is 115 Å². The molecule has 0 aromatic heterocycles. The van der Waals surface area contributed by atoms with Crippen molar-refractivity contribution in [2.45, 2.75) is 0 Å². The number of hydrogen-bond acceptors (Lipinski definition) is 8. The van der Waals surface area contributed by atoms with Gasteiger partial charge in [0, 0.05) is 52.4 Å². The fourth-order valence-corrected chi connectivity index (χ4v) is 2.75. The van der Waals surface area contributed by atoms with Crippen molar-refractivity contribution < 1.29 is 23.9 Å². The van der Waals surface area contributed by atoms with Gasteiger partial charge in [0.05, 0.1) is 24.7 Å². The van der Waals surface area contributed by atoms with Gasteiger partial charge in [0.1, 0.15) is 12.2 Å². The zero-order valence-corrected chi connectivity index (χ0v) is 15.7. The Morgan fingerprint density at radius 3 is 2.63 bits per heavy atom. The Bertz CT molecular complexity index is 649. The highest BCUT2D eigenvalue weighted by atomic mass is 16.6. The first kappa shape index (κ1) is 20.9. The number of benzene rings is 1. The third kappa shape index (κ3) is 6.05. The van der Waals surface area contributed by atoms with Crippen molar-refractivity contribution in [3.05, 3.63) is 27.8 Å². The van der Waals surface area contributed by atoms with E-state index in [1.807, 2.05) is 0 Å². The van der Waals surface area contributed by atoms with Crippen LogP contribution in [0.15, 0.2) is 12.1 Å².